The molecule has 1 aromatic heterocycles. The summed E-state index contributed by atoms with van der Waals surface area (Å²) in [6, 6.07) is 17.5. The van der Waals surface area contributed by atoms with E-state index in [1.165, 1.54) is 4.80 Å². The maximum absolute atomic E-state index is 12.7. The summed E-state index contributed by atoms with van der Waals surface area (Å²) >= 11 is 0. The molecule has 3 rings (SSSR count). The highest BCUT2D eigenvalue weighted by Gasteiger charge is 2.39. The quantitative estimate of drug-likeness (QED) is 0.608. The molecule has 2 aromatic carbocycles. The fraction of sp³-hybridized carbons (Fsp3) is 0.286. The number of hydrogen-bond acceptors (Lipinski definition) is 5. The molecule has 8 heteroatoms. The number of carbonyl (C=O) groups is 2. The molecule has 1 amide bonds. The van der Waals surface area contributed by atoms with Gasteiger partial charge in [-0.25, -0.2) is 0 Å². The van der Waals surface area contributed by atoms with Crippen molar-refractivity contribution >= 4 is 11.9 Å². The summed E-state index contributed by atoms with van der Waals surface area (Å²) in [6.07, 6.45) is 0.334. The Morgan fingerprint density at radius 2 is 1.72 bits per heavy atom. The summed E-state index contributed by atoms with van der Waals surface area (Å²) < 4.78 is 0. The van der Waals surface area contributed by atoms with E-state index in [9.17, 15) is 14.7 Å². The van der Waals surface area contributed by atoms with Crippen molar-refractivity contribution in [2.75, 3.05) is 6.54 Å². The molecule has 0 saturated carbocycles. The van der Waals surface area contributed by atoms with E-state index in [1.54, 1.807) is 38.1 Å². The average molecular weight is 393 g/mol. The highest BCUT2D eigenvalue weighted by atomic mass is 16.4. The Morgan fingerprint density at radius 3 is 2.31 bits per heavy atom. The number of nitrogens with one attached hydrogen (secondary N) is 1. The van der Waals surface area contributed by atoms with Gasteiger partial charge in [0.15, 0.2) is 0 Å². The number of carboxylic acids is 1. The molecule has 0 aliphatic heterocycles. The van der Waals surface area contributed by atoms with Gasteiger partial charge in [0.05, 0.1) is 0 Å². The molecular formula is C21H23N5O3. The number of hydrogen-bond donors (Lipinski definition) is 2. The summed E-state index contributed by atoms with van der Waals surface area (Å²) in [6.45, 7) is 3.40. The molecule has 2 N–H and O–H groups in total. The van der Waals surface area contributed by atoms with Gasteiger partial charge >= 0.3 is 5.97 Å². The van der Waals surface area contributed by atoms with Crippen LogP contribution in [0.2, 0.25) is 0 Å². The number of aliphatic carboxylic acids is 1. The maximum atomic E-state index is 12.7. The zero-order valence-corrected chi connectivity index (χ0v) is 16.3. The summed E-state index contributed by atoms with van der Waals surface area (Å²) in [5, 5.41) is 24.9. The van der Waals surface area contributed by atoms with Crippen LogP contribution in [0.15, 0.2) is 60.7 Å². The molecule has 0 aliphatic carbocycles. The first-order valence-electron chi connectivity index (χ1n) is 9.39. The monoisotopic (exact) mass is 393 g/mol. The minimum absolute atomic E-state index is 0.0355. The Balaban J connectivity index is 1.74. The third-order valence-electron chi connectivity index (χ3n) is 5.09. The van der Waals surface area contributed by atoms with Crippen LogP contribution in [0.3, 0.4) is 0 Å². The molecule has 2 atom stereocenters. The second-order valence-corrected chi connectivity index (χ2v) is 6.80. The second-order valence-electron chi connectivity index (χ2n) is 6.80. The van der Waals surface area contributed by atoms with Gasteiger partial charge in [0, 0.05) is 12.1 Å². The Labute approximate surface area is 168 Å². The fourth-order valence-electron chi connectivity index (χ4n) is 3.12. The van der Waals surface area contributed by atoms with Gasteiger partial charge in [-0.15, -0.1) is 10.2 Å². The number of tetrazole rings is 1. The van der Waals surface area contributed by atoms with Crippen molar-refractivity contribution < 1.29 is 14.7 Å². The Morgan fingerprint density at radius 1 is 1.10 bits per heavy atom. The van der Waals surface area contributed by atoms with Crippen LogP contribution in [-0.2, 0) is 15.0 Å². The van der Waals surface area contributed by atoms with Crippen LogP contribution >= 0.6 is 0 Å². The van der Waals surface area contributed by atoms with Gasteiger partial charge in [-0.2, -0.15) is 4.80 Å². The minimum Gasteiger partial charge on any atom is -0.481 e. The lowest BCUT2D eigenvalue weighted by Crippen LogP contribution is -2.47. The smallest absolute Gasteiger partial charge is 0.315 e. The molecule has 150 valence electrons. The summed E-state index contributed by atoms with van der Waals surface area (Å²) in [7, 11) is 0. The van der Waals surface area contributed by atoms with Crippen LogP contribution in [0.25, 0.3) is 11.4 Å². The molecule has 29 heavy (non-hydrogen) atoms. The number of amides is 1. The fourth-order valence-corrected chi connectivity index (χ4v) is 3.12. The highest BCUT2D eigenvalue weighted by Crippen LogP contribution is 2.28. The summed E-state index contributed by atoms with van der Waals surface area (Å²) in [4.78, 5) is 26.0. The van der Waals surface area contributed by atoms with Crippen LogP contribution in [0.1, 0.15) is 31.9 Å². The molecule has 0 spiro atoms. The highest BCUT2D eigenvalue weighted by molar-refractivity contribution is 5.84. The SMILES string of the molecule is CCC(CNC(=O)C(C)n1nnc(-c2ccccc2)n1)(C(=O)O)c1ccccc1. The van der Waals surface area contributed by atoms with E-state index >= 15 is 0 Å². The number of carbonyl (C=O) groups excluding carboxylic acids is 1. The van der Waals surface area contributed by atoms with E-state index in [4.69, 9.17) is 0 Å². The average Bonchev–Trinajstić information content (AvgIpc) is 3.25. The molecule has 8 nitrogen and oxygen atoms in total. The van der Waals surface area contributed by atoms with E-state index in [0.29, 0.717) is 17.8 Å². The van der Waals surface area contributed by atoms with E-state index in [-0.39, 0.29) is 12.5 Å². The van der Waals surface area contributed by atoms with Gasteiger partial charge in [-0.1, -0.05) is 67.6 Å². The van der Waals surface area contributed by atoms with E-state index < -0.39 is 17.4 Å². The molecule has 0 bridgehead atoms. The number of benzene rings is 2. The lowest BCUT2D eigenvalue weighted by atomic mass is 9.78. The van der Waals surface area contributed by atoms with Crippen molar-refractivity contribution in [2.24, 2.45) is 0 Å². The number of carboxylic acid groups (broad SMARTS) is 1. The van der Waals surface area contributed by atoms with Gasteiger partial charge in [0.25, 0.3) is 0 Å². The third-order valence-corrected chi connectivity index (χ3v) is 5.09. The van der Waals surface area contributed by atoms with Crippen LogP contribution < -0.4 is 5.32 Å². The molecular weight excluding hydrogens is 370 g/mol. The topological polar surface area (TPSA) is 110 Å². The largest absolute Gasteiger partial charge is 0.481 e. The normalized spacial score (nSPS) is 14.0. The van der Waals surface area contributed by atoms with Crippen LogP contribution in [0.4, 0.5) is 0 Å². The predicted octanol–water partition coefficient (Wildman–Crippen LogP) is 2.45. The summed E-state index contributed by atoms with van der Waals surface area (Å²) in [5.41, 5.74) is 0.237. The van der Waals surface area contributed by atoms with Crippen LogP contribution in [-0.4, -0.2) is 43.7 Å². The van der Waals surface area contributed by atoms with Crippen molar-refractivity contribution in [1.29, 1.82) is 0 Å². The standard InChI is InChI=1S/C21H23N5O3/c1-3-21(20(28)29,17-12-8-5-9-13-17)14-22-19(27)15(2)26-24-18(23-25-26)16-10-6-4-7-11-16/h4-13,15H,3,14H2,1-2H3,(H,22,27)(H,28,29). The number of rotatable bonds is 8. The van der Waals surface area contributed by atoms with Crippen molar-refractivity contribution in [3.05, 3.63) is 66.2 Å². The molecule has 2 unspecified atom stereocenters. The third kappa shape index (κ3) is 4.16. The van der Waals surface area contributed by atoms with E-state index in [0.717, 1.165) is 5.56 Å². The molecule has 0 aliphatic rings. The second kappa shape index (κ2) is 8.64. The zero-order chi connectivity index (χ0) is 20.9. The molecule has 0 saturated heterocycles. The minimum atomic E-state index is -1.21. The first kappa shape index (κ1) is 20.2. The number of aromatic nitrogens is 4. The van der Waals surface area contributed by atoms with E-state index in [2.05, 4.69) is 20.7 Å². The number of nitrogens with zero attached hydrogens (tertiary/aromatic N) is 4. The maximum Gasteiger partial charge on any atom is 0.315 e. The first-order chi connectivity index (χ1) is 14.0. The molecule has 0 fully saturated rings. The Bertz CT molecular complexity index is 974. The van der Waals surface area contributed by atoms with Crippen molar-refractivity contribution in [3.8, 4) is 11.4 Å². The molecule has 3 aromatic rings. The van der Waals surface area contributed by atoms with Gasteiger partial charge in [-0.05, 0) is 24.1 Å². The predicted molar refractivity (Wildman–Crippen MR) is 107 cm³/mol. The van der Waals surface area contributed by atoms with Crippen LogP contribution in [0, 0.1) is 0 Å². The lowest BCUT2D eigenvalue weighted by Gasteiger charge is -2.29. The Kier molecular flexibility index (Phi) is 6.01. The van der Waals surface area contributed by atoms with Crippen molar-refractivity contribution in [3.63, 3.8) is 0 Å². The molecule has 0 radical (unpaired) electrons. The summed E-state index contributed by atoms with van der Waals surface area (Å²) in [5.74, 6) is -0.940. The van der Waals surface area contributed by atoms with E-state index in [1.807, 2.05) is 36.4 Å². The lowest BCUT2D eigenvalue weighted by molar-refractivity contribution is -0.144. The zero-order valence-electron chi connectivity index (χ0n) is 16.3. The van der Waals surface area contributed by atoms with Crippen molar-refractivity contribution in [1.82, 2.24) is 25.5 Å². The van der Waals surface area contributed by atoms with Gasteiger partial charge < -0.3 is 10.4 Å². The van der Waals surface area contributed by atoms with Crippen LogP contribution in [0.5, 0.6) is 0 Å². The molecule has 1 heterocycles. The van der Waals surface area contributed by atoms with Gasteiger partial charge in [0.1, 0.15) is 11.5 Å². The van der Waals surface area contributed by atoms with Gasteiger partial charge in [0.2, 0.25) is 11.7 Å². The van der Waals surface area contributed by atoms with Crippen molar-refractivity contribution in [2.45, 2.75) is 31.7 Å². The first-order valence-corrected chi connectivity index (χ1v) is 9.39. The van der Waals surface area contributed by atoms with Gasteiger partial charge in [-0.3, -0.25) is 9.59 Å². The Hall–Kier alpha value is -3.55.